The van der Waals surface area contributed by atoms with E-state index in [1.54, 1.807) is 24.4 Å². The Morgan fingerprint density at radius 2 is 2.07 bits per heavy atom. The first-order chi connectivity index (χ1) is 14.1. The predicted molar refractivity (Wildman–Crippen MR) is 108 cm³/mol. The Morgan fingerprint density at radius 3 is 2.93 bits per heavy atom. The normalized spacial score (nSPS) is 18.3. The van der Waals surface area contributed by atoms with Crippen molar-refractivity contribution >= 4 is 34.8 Å². The number of carbonyl (C=O) groups is 1. The molecule has 2 aliphatic rings. The second kappa shape index (κ2) is 7.26. The number of rotatable bonds is 4. The van der Waals surface area contributed by atoms with Gasteiger partial charge in [0.2, 0.25) is 0 Å². The molecular weight excluding hydrogens is 415 g/mol. The lowest BCUT2D eigenvalue weighted by molar-refractivity contribution is -0.115. The number of fused-ring (bicyclic) bond motifs is 1. The van der Waals surface area contributed by atoms with Crippen molar-refractivity contribution in [2.45, 2.75) is 12.5 Å². The fourth-order valence-corrected chi connectivity index (χ4v) is 3.96. The molecular formula is C20H16Cl2N4O3. The number of aromatic amines is 1. The van der Waals surface area contributed by atoms with E-state index in [4.69, 9.17) is 32.4 Å². The number of anilines is 1. The highest BCUT2D eigenvalue weighted by molar-refractivity contribution is 6.42. The van der Waals surface area contributed by atoms with E-state index in [0.717, 1.165) is 17.1 Å². The number of aromatic nitrogens is 2. The number of furan rings is 1. The number of H-pyrrole nitrogens is 1. The molecule has 0 radical (unpaired) electrons. The van der Waals surface area contributed by atoms with Gasteiger partial charge in [-0.15, -0.1) is 0 Å². The van der Waals surface area contributed by atoms with E-state index in [1.165, 1.54) is 0 Å². The van der Waals surface area contributed by atoms with Crippen molar-refractivity contribution in [3.05, 3.63) is 74.9 Å². The number of carbonyl (C=O) groups excluding carboxylic acids is 1. The molecule has 9 heteroatoms. The molecule has 4 heterocycles. The van der Waals surface area contributed by atoms with Crippen LogP contribution in [0.5, 0.6) is 5.75 Å². The van der Waals surface area contributed by atoms with Crippen LogP contribution in [0.4, 0.5) is 5.82 Å². The Morgan fingerprint density at radius 1 is 1.17 bits per heavy atom. The molecule has 1 atom stereocenters. The van der Waals surface area contributed by atoms with E-state index < -0.39 is 0 Å². The molecule has 3 aromatic rings. The Hall–Kier alpha value is -2.74. The maximum absolute atomic E-state index is 12.6. The van der Waals surface area contributed by atoms with Gasteiger partial charge >= 0.3 is 0 Å². The summed E-state index contributed by atoms with van der Waals surface area (Å²) in [4.78, 5) is 12.6. The Bertz CT molecular complexity index is 1130. The van der Waals surface area contributed by atoms with Gasteiger partial charge < -0.3 is 19.8 Å². The second-order valence-electron chi connectivity index (χ2n) is 6.85. The minimum absolute atomic E-state index is 0.0422. The molecule has 7 nitrogen and oxygen atoms in total. The van der Waals surface area contributed by atoms with E-state index in [1.807, 2.05) is 12.1 Å². The van der Waals surface area contributed by atoms with Gasteiger partial charge in [0.05, 0.1) is 28.7 Å². The van der Waals surface area contributed by atoms with Crippen molar-refractivity contribution in [1.82, 2.24) is 15.5 Å². The van der Waals surface area contributed by atoms with Gasteiger partial charge in [-0.1, -0.05) is 23.2 Å². The third kappa shape index (κ3) is 3.31. The highest BCUT2D eigenvalue weighted by Crippen LogP contribution is 2.42. The summed E-state index contributed by atoms with van der Waals surface area (Å²) in [7, 11) is 0. The second-order valence-corrected chi connectivity index (χ2v) is 7.66. The zero-order valence-electron chi connectivity index (χ0n) is 15.1. The number of Topliss-reactive ketones (excluding diaryl/α,β-unsaturated/α-hetero) is 1. The molecule has 1 unspecified atom stereocenters. The average molecular weight is 431 g/mol. The van der Waals surface area contributed by atoms with Gasteiger partial charge in [-0.3, -0.25) is 9.89 Å². The molecule has 0 aliphatic carbocycles. The van der Waals surface area contributed by atoms with E-state index in [9.17, 15) is 4.79 Å². The van der Waals surface area contributed by atoms with Crippen LogP contribution in [0.1, 0.15) is 23.0 Å². The molecule has 0 saturated carbocycles. The molecule has 0 saturated heterocycles. The smallest absolute Gasteiger partial charge is 0.175 e. The molecule has 29 heavy (non-hydrogen) atoms. The highest BCUT2D eigenvalue weighted by Gasteiger charge is 2.37. The number of hydrogen-bond donors (Lipinski definition) is 3. The summed E-state index contributed by atoms with van der Waals surface area (Å²) in [5, 5.41) is 14.3. The Labute approximate surface area is 176 Å². The van der Waals surface area contributed by atoms with Crippen LogP contribution in [0.15, 0.2) is 52.2 Å². The number of halogens is 2. The van der Waals surface area contributed by atoms with Gasteiger partial charge in [0.1, 0.15) is 29.7 Å². The van der Waals surface area contributed by atoms with Crippen LogP contribution in [0.3, 0.4) is 0 Å². The lowest BCUT2D eigenvalue weighted by Crippen LogP contribution is -2.39. The van der Waals surface area contributed by atoms with Crippen molar-refractivity contribution in [2.24, 2.45) is 0 Å². The van der Waals surface area contributed by atoms with E-state index >= 15 is 0 Å². The van der Waals surface area contributed by atoms with Crippen molar-refractivity contribution in [3.63, 3.8) is 0 Å². The predicted octanol–water partition coefficient (Wildman–Crippen LogP) is 3.87. The molecule has 0 amide bonds. The third-order valence-electron chi connectivity index (χ3n) is 5.00. The molecule has 2 aliphatic heterocycles. The summed E-state index contributed by atoms with van der Waals surface area (Å²) in [6.45, 7) is 1.12. The first-order valence-electron chi connectivity index (χ1n) is 9.04. The van der Waals surface area contributed by atoms with E-state index in [2.05, 4.69) is 20.8 Å². The van der Waals surface area contributed by atoms with Crippen LogP contribution in [0, 0.1) is 0 Å². The van der Waals surface area contributed by atoms with Crippen LogP contribution in [0.25, 0.3) is 0 Å². The van der Waals surface area contributed by atoms with Crippen LogP contribution < -0.4 is 15.4 Å². The largest absolute Gasteiger partial charge is 0.486 e. The molecule has 148 valence electrons. The lowest BCUT2D eigenvalue weighted by atomic mass is 9.82. The van der Waals surface area contributed by atoms with Crippen molar-refractivity contribution in [2.75, 3.05) is 18.4 Å². The lowest BCUT2D eigenvalue weighted by Gasteiger charge is -2.30. The number of nitrogens with zero attached hydrogens (tertiary/aromatic N) is 1. The first kappa shape index (κ1) is 18.3. The zero-order chi connectivity index (χ0) is 20.0. The van der Waals surface area contributed by atoms with Crippen molar-refractivity contribution in [1.29, 1.82) is 0 Å². The monoisotopic (exact) mass is 430 g/mol. The zero-order valence-corrected chi connectivity index (χ0v) is 16.6. The molecule has 5 rings (SSSR count). The number of ether oxygens (including phenoxy) is 1. The van der Waals surface area contributed by atoms with Crippen molar-refractivity contribution in [3.8, 4) is 5.75 Å². The summed E-state index contributed by atoms with van der Waals surface area (Å²) in [6.07, 6.45) is 1.72. The summed E-state index contributed by atoms with van der Waals surface area (Å²) >= 11 is 12.0. The van der Waals surface area contributed by atoms with Gasteiger partial charge in [0.15, 0.2) is 5.78 Å². The van der Waals surface area contributed by atoms with Crippen LogP contribution in [-0.2, 0) is 11.4 Å². The number of benzene rings is 1. The van der Waals surface area contributed by atoms with Gasteiger partial charge in [0, 0.05) is 29.4 Å². The number of ketones is 1. The summed E-state index contributed by atoms with van der Waals surface area (Å²) in [5.41, 5.74) is 2.43. The Balaban J connectivity index is 1.42. The SMILES string of the molecule is O=C1CNCC2=C1C(c1ccc(COc3ccc(Cl)c(Cl)c3)o1)c1cn[nH]c1N2. The molecule has 0 spiro atoms. The topological polar surface area (TPSA) is 92.2 Å². The minimum Gasteiger partial charge on any atom is -0.486 e. The maximum atomic E-state index is 12.6. The van der Waals surface area contributed by atoms with Crippen LogP contribution in [0.2, 0.25) is 10.0 Å². The van der Waals surface area contributed by atoms with E-state index in [0.29, 0.717) is 46.0 Å². The number of hydrogen-bond acceptors (Lipinski definition) is 6. The molecule has 3 N–H and O–H groups in total. The maximum Gasteiger partial charge on any atom is 0.175 e. The first-order valence-corrected chi connectivity index (χ1v) is 9.79. The van der Waals surface area contributed by atoms with Crippen LogP contribution >= 0.6 is 23.2 Å². The van der Waals surface area contributed by atoms with Gasteiger partial charge in [0.25, 0.3) is 0 Å². The van der Waals surface area contributed by atoms with Crippen LogP contribution in [-0.4, -0.2) is 29.1 Å². The Kier molecular flexibility index (Phi) is 4.58. The third-order valence-corrected chi connectivity index (χ3v) is 5.74. The summed E-state index contributed by atoms with van der Waals surface area (Å²) in [5.74, 6) is 2.40. The standard InChI is InChI=1S/C20H16Cl2N4O3/c21-13-3-1-10(5-14(13)22)28-9-11-2-4-17(29-11)18-12-6-24-26-20(12)25-15-7-23-8-16(27)19(15)18/h1-6,18,23H,7-9H2,(H2,24,25,26). The van der Waals surface area contributed by atoms with Gasteiger partial charge in [-0.25, -0.2) is 0 Å². The highest BCUT2D eigenvalue weighted by atomic mass is 35.5. The quantitative estimate of drug-likeness (QED) is 0.581. The van der Waals surface area contributed by atoms with Gasteiger partial charge in [-0.05, 0) is 24.3 Å². The average Bonchev–Trinajstić information content (AvgIpc) is 3.37. The number of nitrogens with one attached hydrogen (secondary N) is 3. The summed E-state index contributed by atoms with van der Waals surface area (Å²) < 4.78 is 11.8. The fraction of sp³-hybridized carbons (Fsp3) is 0.200. The van der Waals surface area contributed by atoms with E-state index in [-0.39, 0.29) is 18.3 Å². The molecule has 1 aromatic carbocycles. The molecule has 0 bridgehead atoms. The minimum atomic E-state index is -0.312. The fourth-order valence-electron chi connectivity index (χ4n) is 3.67. The van der Waals surface area contributed by atoms with Gasteiger partial charge in [-0.2, -0.15) is 5.10 Å². The molecule has 2 aromatic heterocycles. The molecule has 0 fully saturated rings. The summed E-state index contributed by atoms with van der Waals surface area (Å²) in [6, 6.07) is 8.80. The van der Waals surface area contributed by atoms with Crippen molar-refractivity contribution < 1.29 is 13.9 Å².